The Balaban J connectivity index is 1.70. The number of rotatable bonds is 10. The number of hydrogen-bond donors (Lipinski definition) is 1. The van der Waals surface area contributed by atoms with E-state index in [4.69, 9.17) is 18.9 Å². The van der Waals surface area contributed by atoms with Crippen LogP contribution in [0.2, 0.25) is 0 Å². The molecule has 0 unspecified atom stereocenters. The molecule has 0 aliphatic rings. The van der Waals surface area contributed by atoms with Crippen LogP contribution in [0.25, 0.3) is 0 Å². The SMILES string of the molecule is C=CCOc1ccc(C(=O)N/N=C\c2cc(Br)ccc2OC(=O)c2ccc(OC)c(OC)c2)cc1. The molecular formula is C26H23BrN2O6. The average Bonchev–Trinajstić information content (AvgIpc) is 2.88. The molecule has 0 saturated carbocycles. The molecule has 0 heterocycles. The van der Waals surface area contributed by atoms with Gasteiger partial charge in [-0.3, -0.25) is 4.79 Å². The van der Waals surface area contributed by atoms with E-state index in [1.165, 1.54) is 26.5 Å². The van der Waals surface area contributed by atoms with Crippen molar-refractivity contribution in [3.63, 3.8) is 0 Å². The zero-order valence-corrected chi connectivity index (χ0v) is 20.7. The van der Waals surface area contributed by atoms with Gasteiger partial charge in [-0.05, 0) is 60.7 Å². The first-order valence-electron chi connectivity index (χ1n) is 10.4. The van der Waals surface area contributed by atoms with Gasteiger partial charge in [0.05, 0.1) is 26.0 Å². The molecule has 9 heteroatoms. The average molecular weight is 539 g/mol. The van der Waals surface area contributed by atoms with E-state index in [2.05, 4.69) is 33.0 Å². The number of esters is 1. The van der Waals surface area contributed by atoms with E-state index in [0.29, 0.717) is 35.0 Å². The summed E-state index contributed by atoms with van der Waals surface area (Å²) in [5.41, 5.74) is 3.62. The van der Waals surface area contributed by atoms with E-state index in [9.17, 15) is 9.59 Å². The number of carbonyl (C=O) groups is 2. The van der Waals surface area contributed by atoms with Gasteiger partial charge in [0.15, 0.2) is 11.5 Å². The Labute approximate surface area is 211 Å². The second-order valence-electron chi connectivity index (χ2n) is 6.96. The highest BCUT2D eigenvalue weighted by Gasteiger charge is 2.15. The molecule has 3 rings (SSSR count). The van der Waals surface area contributed by atoms with Gasteiger partial charge in [-0.15, -0.1) is 0 Å². The van der Waals surface area contributed by atoms with Gasteiger partial charge in [0.2, 0.25) is 0 Å². The molecule has 35 heavy (non-hydrogen) atoms. The number of benzene rings is 3. The van der Waals surface area contributed by atoms with Crippen molar-refractivity contribution in [2.24, 2.45) is 5.10 Å². The third-order valence-electron chi connectivity index (χ3n) is 4.65. The molecular weight excluding hydrogens is 516 g/mol. The van der Waals surface area contributed by atoms with Crippen LogP contribution >= 0.6 is 15.9 Å². The van der Waals surface area contributed by atoms with E-state index in [1.807, 2.05) is 0 Å². The van der Waals surface area contributed by atoms with Gasteiger partial charge >= 0.3 is 5.97 Å². The number of methoxy groups -OCH3 is 2. The highest BCUT2D eigenvalue weighted by molar-refractivity contribution is 9.10. The topological polar surface area (TPSA) is 95.5 Å². The number of halogens is 1. The van der Waals surface area contributed by atoms with Gasteiger partial charge in [-0.25, -0.2) is 10.2 Å². The first-order chi connectivity index (χ1) is 16.9. The fraction of sp³-hybridized carbons (Fsp3) is 0.115. The molecule has 0 radical (unpaired) electrons. The molecule has 0 spiro atoms. The van der Waals surface area contributed by atoms with Crippen molar-refractivity contribution in [1.82, 2.24) is 5.43 Å². The van der Waals surface area contributed by atoms with Crippen molar-refractivity contribution in [3.8, 4) is 23.0 Å². The number of amides is 1. The van der Waals surface area contributed by atoms with Crippen molar-refractivity contribution < 1.29 is 28.5 Å². The molecule has 3 aromatic rings. The van der Waals surface area contributed by atoms with Gasteiger partial charge in [-0.2, -0.15) is 5.10 Å². The maximum atomic E-state index is 12.7. The molecule has 1 amide bonds. The number of hydrazone groups is 1. The van der Waals surface area contributed by atoms with Crippen LogP contribution in [0.5, 0.6) is 23.0 Å². The highest BCUT2D eigenvalue weighted by Crippen LogP contribution is 2.29. The normalized spacial score (nSPS) is 10.5. The maximum Gasteiger partial charge on any atom is 0.343 e. The molecule has 0 saturated heterocycles. The van der Waals surface area contributed by atoms with Crippen molar-refractivity contribution >= 4 is 34.0 Å². The summed E-state index contributed by atoms with van der Waals surface area (Å²) in [4.78, 5) is 25.1. The van der Waals surface area contributed by atoms with Crippen LogP contribution in [0.4, 0.5) is 0 Å². The summed E-state index contributed by atoms with van der Waals surface area (Å²) in [7, 11) is 2.99. The molecule has 0 fully saturated rings. The Hall–Kier alpha value is -4.11. The second-order valence-corrected chi connectivity index (χ2v) is 7.88. The molecule has 3 aromatic carbocycles. The summed E-state index contributed by atoms with van der Waals surface area (Å²) in [5.74, 6) is 0.786. The molecule has 180 valence electrons. The lowest BCUT2D eigenvalue weighted by Crippen LogP contribution is -2.17. The Morgan fingerprint density at radius 1 is 0.943 bits per heavy atom. The van der Waals surface area contributed by atoms with Crippen molar-refractivity contribution in [2.45, 2.75) is 0 Å². The summed E-state index contributed by atoms with van der Waals surface area (Å²) < 4.78 is 22.1. The quantitative estimate of drug-likeness (QED) is 0.128. The molecule has 0 aromatic heterocycles. The number of nitrogens with zero attached hydrogens (tertiary/aromatic N) is 1. The fourth-order valence-electron chi connectivity index (χ4n) is 2.92. The molecule has 8 nitrogen and oxygen atoms in total. The minimum atomic E-state index is -0.592. The predicted octanol–water partition coefficient (Wildman–Crippen LogP) is 5.01. The minimum absolute atomic E-state index is 0.259. The summed E-state index contributed by atoms with van der Waals surface area (Å²) in [6, 6.07) is 16.4. The van der Waals surface area contributed by atoms with E-state index in [-0.39, 0.29) is 11.3 Å². The zero-order chi connectivity index (χ0) is 25.2. The van der Waals surface area contributed by atoms with E-state index in [1.54, 1.807) is 60.7 Å². The van der Waals surface area contributed by atoms with Crippen molar-refractivity contribution in [1.29, 1.82) is 0 Å². The standard InChI is InChI=1S/C26H23BrN2O6/c1-4-13-34-21-9-5-17(6-10-21)25(30)29-28-16-19-14-20(27)8-12-22(19)35-26(31)18-7-11-23(32-2)24(15-18)33-3/h4-12,14-16H,1,13H2,2-3H3,(H,29,30)/b28-16-. The Bertz CT molecular complexity index is 1240. The van der Waals surface area contributed by atoms with Gasteiger partial charge < -0.3 is 18.9 Å². The molecule has 0 aliphatic heterocycles. The summed E-state index contributed by atoms with van der Waals surface area (Å²) >= 11 is 3.39. The summed E-state index contributed by atoms with van der Waals surface area (Å²) in [6.45, 7) is 3.97. The molecule has 0 bridgehead atoms. The summed E-state index contributed by atoms with van der Waals surface area (Å²) in [6.07, 6.45) is 3.03. The van der Waals surface area contributed by atoms with E-state index >= 15 is 0 Å². The smallest absolute Gasteiger partial charge is 0.343 e. The molecule has 1 N–H and O–H groups in total. The maximum absolute atomic E-state index is 12.7. The van der Waals surface area contributed by atoms with Gasteiger partial charge in [0.25, 0.3) is 5.91 Å². The van der Waals surface area contributed by atoms with E-state index < -0.39 is 11.9 Å². The Morgan fingerprint density at radius 3 is 2.31 bits per heavy atom. The number of nitrogens with one attached hydrogen (secondary N) is 1. The lowest BCUT2D eigenvalue weighted by Gasteiger charge is -2.11. The van der Waals surface area contributed by atoms with E-state index in [0.717, 1.165) is 4.47 Å². The second kappa shape index (κ2) is 12.4. The van der Waals surface area contributed by atoms with Crippen LogP contribution in [-0.4, -0.2) is 38.9 Å². The lowest BCUT2D eigenvalue weighted by molar-refractivity contribution is 0.0733. The monoisotopic (exact) mass is 538 g/mol. The Kier molecular flexibility index (Phi) is 9.02. The van der Waals surface area contributed by atoms with Crippen LogP contribution in [-0.2, 0) is 0 Å². The first-order valence-corrected chi connectivity index (χ1v) is 11.2. The number of hydrogen-bond acceptors (Lipinski definition) is 7. The summed E-state index contributed by atoms with van der Waals surface area (Å²) in [5, 5.41) is 4.00. The van der Waals surface area contributed by atoms with Crippen LogP contribution in [0.1, 0.15) is 26.3 Å². The molecule has 0 atom stereocenters. The number of carbonyl (C=O) groups excluding carboxylic acids is 2. The largest absolute Gasteiger partial charge is 0.493 e. The third-order valence-corrected chi connectivity index (χ3v) is 5.14. The first kappa shape index (κ1) is 25.5. The zero-order valence-electron chi connectivity index (χ0n) is 19.1. The highest BCUT2D eigenvalue weighted by atomic mass is 79.9. The van der Waals surface area contributed by atoms with Crippen LogP contribution in [0.15, 0.2) is 82.9 Å². The molecule has 0 aliphatic carbocycles. The minimum Gasteiger partial charge on any atom is -0.493 e. The predicted molar refractivity (Wildman–Crippen MR) is 136 cm³/mol. The lowest BCUT2D eigenvalue weighted by atomic mass is 10.2. The van der Waals surface area contributed by atoms with Crippen molar-refractivity contribution in [3.05, 3.63) is 94.5 Å². The van der Waals surface area contributed by atoms with Gasteiger partial charge in [0.1, 0.15) is 18.1 Å². The van der Waals surface area contributed by atoms with Gasteiger partial charge in [0, 0.05) is 15.6 Å². The Morgan fingerprint density at radius 2 is 1.63 bits per heavy atom. The van der Waals surface area contributed by atoms with Crippen molar-refractivity contribution in [2.75, 3.05) is 20.8 Å². The van der Waals surface area contributed by atoms with Crippen LogP contribution in [0.3, 0.4) is 0 Å². The number of ether oxygens (including phenoxy) is 4. The van der Waals surface area contributed by atoms with Gasteiger partial charge in [-0.1, -0.05) is 28.6 Å². The van der Waals surface area contributed by atoms with Crippen LogP contribution < -0.4 is 24.4 Å². The van der Waals surface area contributed by atoms with Crippen LogP contribution in [0, 0.1) is 0 Å². The third kappa shape index (κ3) is 6.94. The fourth-order valence-corrected chi connectivity index (χ4v) is 3.30.